The first-order valence-electron chi connectivity index (χ1n) is 9.41. The standard InChI is InChI=1S/C20H28N2O3/c1-15-9-10-18(25-15)11-12-19(23)21-17-8-5-13-22(14-17)20(24)16-6-3-2-4-7-16/h2-4,6-7,15,17-18H,5,8-14H2,1H3,(H,21,23)/t15-,17-,18-/m1/s1. The van der Waals surface area contributed by atoms with Crippen LogP contribution in [0.4, 0.5) is 0 Å². The number of nitrogens with one attached hydrogen (secondary N) is 1. The molecule has 1 aromatic carbocycles. The number of carbonyl (C=O) groups excluding carboxylic acids is 2. The number of nitrogens with zero attached hydrogens (tertiary/aromatic N) is 1. The molecule has 1 aromatic rings. The molecule has 0 saturated carbocycles. The summed E-state index contributed by atoms with van der Waals surface area (Å²) in [6.45, 7) is 3.44. The molecule has 25 heavy (non-hydrogen) atoms. The van der Waals surface area contributed by atoms with Gasteiger partial charge in [0.2, 0.25) is 5.91 Å². The van der Waals surface area contributed by atoms with Gasteiger partial charge in [-0.05, 0) is 51.2 Å². The van der Waals surface area contributed by atoms with Crippen molar-refractivity contribution in [3.63, 3.8) is 0 Å². The van der Waals surface area contributed by atoms with E-state index in [-0.39, 0.29) is 24.0 Å². The van der Waals surface area contributed by atoms with Crippen LogP contribution in [-0.2, 0) is 9.53 Å². The van der Waals surface area contributed by atoms with E-state index >= 15 is 0 Å². The van der Waals surface area contributed by atoms with Gasteiger partial charge in [0.25, 0.3) is 5.91 Å². The summed E-state index contributed by atoms with van der Waals surface area (Å²) in [5.41, 5.74) is 0.710. The van der Waals surface area contributed by atoms with Gasteiger partial charge < -0.3 is 15.0 Å². The summed E-state index contributed by atoms with van der Waals surface area (Å²) in [5.74, 6) is 0.120. The number of hydrogen-bond donors (Lipinski definition) is 1. The maximum absolute atomic E-state index is 12.6. The lowest BCUT2D eigenvalue weighted by molar-refractivity contribution is -0.122. The maximum Gasteiger partial charge on any atom is 0.253 e. The lowest BCUT2D eigenvalue weighted by Crippen LogP contribution is -2.49. The van der Waals surface area contributed by atoms with E-state index < -0.39 is 0 Å². The van der Waals surface area contributed by atoms with Crippen molar-refractivity contribution in [3.8, 4) is 0 Å². The summed E-state index contributed by atoms with van der Waals surface area (Å²) in [5, 5.41) is 3.10. The number of piperidine rings is 1. The summed E-state index contributed by atoms with van der Waals surface area (Å²) in [6, 6.07) is 9.40. The van der Waals surface area contributed by atoms with Gasteiger partial charge in [-0.2, -0.15) is 0 Å². The van der Waals surface area contributed by atoms with E-state index in [4.69, 9.17) is 4.74 Å². The van der Waals surface area contributed by atoms with Crippen molar-refractivity contribution in [1.82, 2.24) is 10.2 Å². The average Bonchev–Trinajstić information content (AvgIpc) is 3.06. The Hall–Kier alpha value is -1.88. The van der Waals surface area contributed by atoms with Crippen LogP contribution in [0.25, 0.3) is 0 Å². The van der Waals surface area contributed by atoms with Crippen LogP contribution in [0.2, 0.25) is 0 Å². The number of benzene rings is 1. The minimum Gasteiger partial charge on any atom is -0.375 e. The zero-order valence-corrected chi connectivity index (χ0v) is 14.9. The third-order valence-electron chi connectivity index (χ3n) is 5.11. The fraction of sp³-hybridized carbons (Fsp3) is 0.600. The van der Waals surface area contributed by atoms with Crippen LogP contribution in [-0.4, -0.2) is 48.1 Å². The highest BCUT2D eigenvalue weighted by molar-refractivity contribution is 5.94. The summed E-state index contributed by atoms with van der Waals surface area (Å²) >= 11 is 0. The molecule has 1 N–H and O–H groups in total. The first-order chi connectivity index (χ1) is 12.1. The summed E-state index contributed by atoms with van der Waals surface area (Å²) in [7, 11) is 0. The Morgan fingerprint density at radius 3 is 2.72 bits per heavy atom. The molecule has 5 nitrogen and oxygen atoms in total. The van der Waals surface area contributed by atoms with Crippen LogP contribution in [0.15, 0.2) is 30.3 Å². The van der Waals surface area contributed by atoms with E-state index in [0.29, 0.717) is 24.6 Å². The lowest BCUT2D eigenvalue weighted by Gasteiger charge is -2.33. The van der Waals surface area contributed by atoms with E-state index in [1.54, 1.807) is 0 Å². The smallest absolute Gasteiger partial charge is 0.253 e. The lowest BCUT2D eigenvalue weighted by atomic mass is 10.0. The van der Waals surface area contributed by atoms with Gasteiger partial charge in [0.1, 0.15) is 0 Å². The second kappa shape index (κ2) is 8.48. The fourth-order valence-electron chi connectivity index (χ4n) is 3.73. The van der Waals surface area contributed by atoms with Crippen LogP contribution in [0.3, 0.4) is 0 Å². The Balaban J connectivity index is 1.45. The molecule has 0 spiro atoms. The molecular weight excluding hydrogens is 316 g/mol. The number of carbonyl (C=O) groups is 2. The van der Waals surface area contributed by atoms with E-state index in [2.05, 4.69) is 12.2 Å². The Labute approximate surface area is 149 Å². The second-order valence-electron chi connectivity index (χ2n) is 7.21. The molecule has 136 valence electrons. The van der Waals surface area contributed by atoms with Crippen molar-refractivity contribution in [2.24, 2.45) is 0 Å². The molecule has 2 heterocycles. The zero-order valence-electron chi connectivity index (χ0n) is 14.9. The van der Waals surface area contributed by atoms with Gasteiger partial charge in [-0.25, -0.2) is 0 Å². The topological polar surface area (TPSA) is 58.6 Å². The Morgan fingerprint density at radius 1 is 1.20 bits per heavy atom. The molecule has 5 heteroatoms. The van der Waals surface area contributed by atoms with E-state index in [9.17, 15) is 9.59 Å². The van der Waals surface area contributed by atoms with Crippen molar-refractivity contribution in [2.45, 2.75) is 63.7 Å². The number of hydrogen-bond acceptors (Lipinski definition) is 3. The minimum atomic E-state index is 0.0490. The molecule has 3 atom stereocenters. The van der Waals surface area contributed by atoms with E-state index in [0.717, 1.165) is 38.6 Å². The van der Waals surface area contributed by atoms with Crippen molar-refractivity contribution < 1.29 is 14.3 Å². The molecule has 2 aliphatic heterocycles. The average molecular weight is 344 g/mol. The fourth-order valence-corrected chi connectivity index (χ4v) is 3.73. The van der Waals surface area contributed by atoms with Crippen LogP contribution >= 0.6 is 0 Å². The molecule has 3 rings (SSSR count). The summed E-state index contributed by atoms with van der Waals surface area (Å²) in [4.78, 5) is 26.6. The molecular formula is C20H28N2O3. The molecule has 0 radical (unpaired) electrons. The maximum atomic E-state index is 12.6. The van der Waals surface area contributed by atoms with Crippen LogP contribution < -0.4 is 5.32 Å². The van der Waals surface area contributed by atoms with Gasteiger partial charge >= 0.3 is 0 Å². The first kappa shape index (κ1) is 17.9. The number of ether oxygens (including phenoxy) is 1. The zero-order chi connectivity index (χ0) is 17.6. The van der Waals surface area contributed by atoms with Crippen LogP contribution in [0.5, 0.6) is 0 Å². The molecule has 2 aliphatic rings. The molecule has 2 saturated heterocycles. The molecule has 2 fully saturated rings. The van der Waals surface area contributed by atoms with Crippen LogP contribution in [0, 0.1) is 0 Å². The highest BCUT2D eigenvalue weighted by atomic mass is 16.5. The monoisotopic (exact) mass is 344 g/mol. The molecule has 0 bridgehead atoms. The SMILES string of the molecule is C[C@@H]1CC[C@H](CCC(=O)N[C@@H]2CCCN(C(=O)c3ccccc3)C2)O1. The van der Waals surface area contributed by atoms with Gasteiger partial charge in [-0.1, -0.05) is 18.2 Å². The van der Waals surface area contributed by atoms with Gasteiger partial charge in [0.15, 0.2) is 0 Å². The minimum absolute atomic E-state index is 0.0490. The van der Waals surface area contributed by atoms with E-state index in [1.807, 2.05) is 35.2 Å². The van der Waals surface area contributed by atoms with Crippen molar-refractivity contribution in [1.29, 1.82) is 0 Å². The Bertz CT molecular complexity index is 590. The van der Waals surface area contributed by atoms with Gasteiger partial charge in [-0.15, -0.1) is 0 Å². The van der Waals surface area contributed by atoms with Crippen LogP contribution in [0.1, 0.15) is 55.8 Å². The third kappa shape index (κ3) is 5.05. The van der Waals surface area contributed by atoms with Gasteiger partial charge in [-0.3, -0.25) is 9.59 Å². The molecule has 0 unspecified atom stereocenters. The normalized spacial score (nSPS) is 26.4. The number of likely N-dealkylation sites (tertiary alicyclic amines) is 1. The highest BCUT2D eigenvalue weighted by Gasteiger charge is 2.26. The predicted octanol–water partition coefficient (Wildman–Crippen LogP) is 2.76. The number of amides is 2. The van der Waals surface area contributed by atoms with Gasteiger partial charge in [0, 0.05) is 31.1 Å². The Morgan fingerprint density at radius 2 is 2.00 bits per heavy atom. The summed E-state index contributed by atoms with van der Waals surface area (Å²) < 4.78 is 5.77. The van der Waals surface area contributed by atoms with Gasteiger partial charge in [0.05, 0.1) is 12.2 Å². The predicted molar refractivity (Wildman–Crippen MR) is 96.3 cm³/mol. The molecule has 0 aromatic heterocycles. The largest absolute Gasteiger partial charge is 0.375 e. The first-order valence-corrected chi connectivity index (χ1v) is 9.41. The molecule has 2 amide bonds. The van der Waals surface area contributed by atoms with Crippen molar-refractivity contribution >= 4 is 11.8 Å². The molecule has 0 aliphatic carbocycles. The second-order valence-corrected chi connectivity index (χ2v) is 7.21. The highest BCUT2D eigenvalue weighted by Crippen LogP contribution is 2.22. The van der Waals surface area contributed by atoms with Crippen molar-refractivity contribution in [2.75, 3.05) is 13.1 Å². The number of rotatable bonds is 5. The third-order valence-corrected chi connectivity index (χ3v) is 5.11. The summed E-state index contributed by atoms with van der Waals surface area (Å²) in [6.07, 6.45) is 5.83. The van der Waals surface area contributed by atoms with Crippen molar-refractivity contribution in [3.05, 3.63) is 35.9 Å². The van der Waals surface area contributed by atoms with E-state index in [1.165, 1.54) is 0 Å². The quantitative estimate of drug-likeness (QED) is 0.893. The Kier molecular flexibility index (Phi) is 6.08.